The third kappa shape index (κ3) is 5.65. The molecule has 0 spiro atoms. The zero-order valence-corrected chi connectivity index (χ0v) is 18.4. The summed E-state index contributed by atoms with van der Waals surface area (Å²) in [6.45, 7) is 4.30. The van der Waals surface area contributed by atoms with E-state index in [4.69, 9.17) is 4.74 Å². The van der Waals surface area contributed by atoms with E-state index in [1.165, 1.54) is 11.3 Å². The van der Waals surface area contributed by atoms with Crippen LogP contribution in [0.25, 0.3) is 10.6 Å². The van der Waals surface area contributed by atoms with Gasteiger partial charge in [0.1, 0.15) is 16.5 Å². The number of nitrogens with one attached hydrogen (secondary N) is 2. The van der Waals surface area contributed by atoms with E-state index in [-0.39, 0.29) is 24.1 Å². The maximum absolute atomic E-state index is 12.3. The minimum absolute atomic E-state index is 0.135. The van der Waals surface area contributed by atoms with Gasteiger partial charge in [-0.3, -0.25) is 9.59 Å². The van der Waals surface area contributed by atoms with E-state index in [1.54, 1.807) is 5.38 Å². The predicted molar refractivity (Wildman–Crippen MR) is 119 cm³/mol. The lowest BCUT2D eigenvalue weighted by Crippen LogP contribution is -2.33. The summed E-state index contributed by atoms with van der Waals surface area (Å²) < 4.78 is 6.37. The van der Waals surface area contributed by atoms with Gasteiger partial charge in [-0.05, 0) is 61.9 Å². The lowest BCUT2D eigenvalue weighted by Gasteiger charge is -2.09. The number of anilines is 1. The fourth-order valence-electron chi connectivity index (χ4n) is 2.58. The van der Waals surface area contributed by atoms with Crippen molar-refractivity contribution in [2.45, 2.75) is 13.8 Å². The van der Waals surface area contributed by atoms with Crippen molar-refractivity contribution in [1.82, 2.24) is 10.3 Å². The number of carbonyl (C=O) groups excluding carboxylic acids is 2. The quantitative estimate of drug-likeness (QED) is 0.523. The fraction of sp³-hybridized carbons (Fsp3) is 0.190. The maximum atomic E-state index is 12.3. The number of rotatable bonds is 7. The standard InChI is InChI=1S/C21H20BrN3O3S/c1-3-28-16-7-4-14(5-8-16)21-25-18(12-29-21)20(27)23-11-19(26)24-17-9-6-15(22)10-13(17)2/h4-10,12H,3,11H2,1-2H3,(H,23,27)(H,24,26). The number of amides is 2. The number of carbonyl (C=O) groups is 2. The van der Waals surface area contributed by atoms with E-state index in [2.05, 4.69) is 31.5 Å². The first kappa shape index (κ1) is 21.0. The molecule has 2 aromatic carbocycles. The molecule has 1 heterocycles. The molecule has 29 heavy (non-hydrogen) atoms. The summed E-state index contributed by atoms with van der Waals surface area (Å²) >= 11 is 4.76. The van der Waals surface area contributed by atoms with Gasteiger partial charge < -0.3 is 15.4 Å². The van der Waals surface area contributed by atoms with Crippen LogP contribution < -0.4 is 15.4 Å². The average molecular weight is 474 g/mol. The van der Waals surface area contributed by atoms with Crippen molar-refractivity contribution >= 4 is 44.8 Å². The highest BCUT2D eigenvalue weighted by Gasteiger charge is 2.13. The van der Waals surface area contributed by atoms with Crippen LogP contribution in [0.1, 0.15) is 23.0 Å². The van der Waals surface area contributed by atoms with Gasteiger partial charge in [-0.25, -0.2) is 4.98 Å². The lowest BCUT2D eigenvalue weighted by atomic mass is 10.2. The Balaban J connectivity index is 1.56. The number of ether oxygens (including phenoxy) is 1. The topological polar surface area (TPSA) is 80.3 Å². The van der Waals surface area contributed by atoms with Gasteiger partial charge in [-0.15, -0.1) is 11.3 Å². The van der Waals surface area contributed by atoms with Crippen molar-refractivity contribution in [1.29, 1.82) is 0 Å². The predicted octanol–water partition coefficient (Wildman–Crippen LogP) is 4.65. The highest BCUT2D eigenvalue weighted by atomic mass is 79.9. The van der Waals surface area contributed by atoms with Crippen LogP contribution in [0, 0.1) is 6.92 Å². The van der Waals surface area contributed by atoms with E-state index in [1.807, 2.05) is 56.3 Å². The molecule has 0 aliphatic rings. The highest BCUT2D eigenvalue weighted by molar-refractivity contribution is 9.10. The highest BCUT2D eigenvalue weighted by Crippen LogP contribution is 2.26. The SMILES string of the molecule is CCOc1ccc(-c2nc(C(=O)NCC(=O)Nc3ccc(Br)cc3C)cs2)cc1. The molecule has 6 nitrogen and oxygen atoms in total. The monoisotopic (exact) mass is 473 g/mol. The first-order valence-corrected chi connectivity index (χ1v) is 10.7. The summed E-state index contributed by atoms with van der Waals surface area (Å²) in [5, 5.41) is 7.80. The molecular weight excluding hydrogens is 454 g/mol. The van der Waals surface area contributed by atoms with Crippen molar-refractivity contribution in [3.05, 3.63) is 63.6 Å². The van der Waals surface area contributed by atoms with Gasteiger partial charge in [-0.1, -0.05) is 15.9 Å². The number of thiazole rings is 1. The van der Waals surface area contributed by atoms with Gasteiger partial charge in [0.25, 0.3) is 5.91 Å². The molecule has 0 aliphatic heterocycles. The van der Waals surface area contributed by atoms with E-state index >= 15 is 0 Å². The lowest BCUT2D eigenvalue weighted by molar-refractivity contribution is -0.115. The molecule has 0 radical (unpaired) electrons. The molecule has 2 amide bonds. The largest absolute Gasteiger partial charge is 0.494 e. The summed E-state index contributed by atoms with van der Waals surface area (Å²) in [5.74, 6) is 0.102. The number of aryl methyl sites for hydroxylation is 1. The molecule has 0 saturated heterocycles. The first-order chi connectivity index (χ1) is 14.0. The molecule has 0 atom stereocenters. The minimum atomic E-state index is -0.388. The molecule has 1 aromatic heterocycles. The number of halogens is 1. The average Bonchev–Trinajstić information content (AvgIpc) is 3.19. The van der Waals surface area contributed by atoms with Crippen LogP contribution >= 0.6 is 27.3 Å². The van der Waals surface area contributed by atoms with Gasteiger partial charge in [0.05, 0.1) is 13.2 Å². The second kappa shape index (κ2) is 9.67. The molecule has 2 N–H and O–H groups in total. The Labute approximate surface area is 181 Å². The van der Waals surface area contributed by atoms with Crippen LogP contribution in [-0.4, -0.2) is 29.9 Å². The van der Waals surface area contributed by atoms with Crippen molar-refractivity contribution in [3.63, 3.8) is 0 Å². The number of nitrogens with zero attached hydrogens (tertiary/aromatic N) is 1. The summed E-state index contributed by atoms with van der Waals surface area (Å²) in [4.78, 5) is 28.8. The molecule has 3 rings (SSSR count). The van der Waals surface area contributed by atoms with E-state index in [9.17, 15) is 9.59 Å². The van der Waals surface area contributed by atoms with Gasteiger partial charge in [0, 0.05) is 21.1 Å². The Kier molecular flexibility index (Phi) is 7.00. The molecule has 0 aliphatic carbocycles. The van der Waals surface area contributed by atoms with E-state index in [0.29, 0.717) is 12.3 Å². The third-order valence-corrected chi connectivity index (χ3v) is 5.41. The van der Waals surface area contributed by atoms with Gasteiger partial charge in [-0.2, -0.15) is 0 Å². The van der Waals surface area contributed by atoms with E-state index < -0.39 is 0 Å². The van der Waals surface area contributed by atoms with Crippen LogP contribution in [-0.2, 0) is 4.79 Å². The van der Waals surface area contributed by atoms with Crippen molar-refractivity contribution in [3.8, 4) is 16.3 Å². The van der Waals surface area contributed by atoms with Gasteiger partial charge in [0.15, 0.2) is 0 Å². The van der Waals surface area contributed by atoms with E-state index in [0.717, 1.165) is 26.4 Å². The minimum Gasteiger partial charge on any atom is -0.494 e. The van der Waals surface area contributed by atoms with Crippen LogP contribution in [0.2, 0.25) is 0 Å². The van der Waals surface area contributed by atoms with Crippen molar-refractivity contribution in [2.75, 3.05) is 18.5 Å². The number of hydrogen-bond acceptors (Lipinski definition) is 5. The zero-order valence-electron chi connectivity index (χ0n) is 16.0. The normalized spacial score (nSPS) is 10.4. The molecule has 0 saturated carbocycles. The smallest absolute Gasteiger partial charge is 0.271 e. The number of aromatic nitrogens is 1. The molecule has 0 bridgehead atoms. The Bertz CT molecular complexity index is 1020. The molecule has 8 heteroatoms. The molecule has 0 unspecified atom stereocenters. The van der Waals surface area contributed by atoms with Gasteiger partial charge in [0.2, 0.25) is 5.91 Å². The molecule has 3 aromatic rings. The van der Waals surface area contributed by atoms with Crippen LogP contribution in [0.15, 0.2) is 52.3 Å². The summed E-state index contributed by atoms with van der Waals surface area (Å²) in [5.41, 5.74) is 2.82. The molecular formula is C21H20BrN3O3S. The summed E-state index contributed by atoms with van der Waals surface area (Å²) in [6.07, 6.45) is 0. The van der Waals surface area contributed by atoms with Crippen molar-refractivity contribution in [2.24, 2.45) is 0 Å². The Morgan fingerprint density at radius 1 is 1.17 bits per heavy atom. The van der Waals surface area contributed by atoms with Crippen LogP contribution in [0.3, 0.4) is 0 Å². The zero-order chi connectivity index (χ0) is 20.8. The van der Waals surface area contributed by atoms with Crippen LogP contribution in [0.5, 0.6) is 5.75 Å². The molecule has 150 valence electrons. The second-order valence-corrected chi connectivity index (χ2v) is 7.96. The second-order valence-electron chi connectivity index (χ2n) is 6.19. The number of benzene rings is 2. The fourth-order valence-corrected chi connectivity index (χ4v) is 3.87. The van der Waals surface area contributed by atoms with Crippen LogP contribution in [0.4, 0.5) is 5.69 Å². The van der Waals surface area contributed by atoms with Crippen molar-refractivity contribution < 1.29 is 14.3 Å². The Morgan fingerprint density at radius 3 is 2.62 bits per heavy atom. The molecule has 0 fully saturated rings. The number of hydrogen-bond donors (Lipinski definition) is 2. The maximum Gasteiger partial charge on any atom is 0.271 e. The Hall–Kier alpha value is -2.71. The summed E-state index contributed by atoms with van der Waals surface area (Å²) in [7, 11) is 0. The first-order valence-electron chi connectivity index (χ1n) is 8.99. The Morgan fingerprint density at radius 2 is 1.93 bits per heavy atom. The van der Waals surface area contributed by atoms with Gasteiger partial charge >= 0.3 is 0 Å². The summed E-state index contributed by atoms with van der Waals surface area (Å²) in [6, 6.07) is 13.1. The third-order valence-electron chi connectivity index (χ3n) is 4.02.